The van der Waals surface area contributed by atoms with Gasteiger partial charge in [0.05, 0.1) is 19.8 Å². The zero-order valence-electron chi connectivity index (χ0n) is 37.7. The van der Waals surface area contributed by atoms with Crippen molar-refractivity contribution in [3.05, 3.63) is 60.8 Å². The summed E-state index contributed by atoms with van der Waals surface area (Å²) < 4.78 is 59.1. The van der Waals surface area contributed by atoms with Crippen molar-refractivity contribution >= 4 is 16.4 Å². The Balaban J connectivity index is 2.44. The topological polar surface area (TPSA) is 178 Å². The molecule has 0 aliphatic carbocycles. The Kier molecular flexibility index (Phi) is 36.7. The monoisotopic (exact) mass is 885 g/mol. The first kappa shape index (κ1) is 56.8. The molecule has 0 radical (unpaired) electrons. The van der Waals surface area contributed by atoms with Crippen molar-refractivity contribution < 1.29 is 56.2 Å². The van der Waals surface area contributed by atoms with Gasteiger partial charge in [-0.2, -0.15) is 8.42 Å². The molecule has 0 saturated carbocycles. The molecular weight excluding hydrogens is 801 g/mol. The van der Waals surface area contributed by atoms with Gasteiger partial charge in [0.15, 0.2) is 6.29 Å². The van der Waals surface area contributed by atoms with E-state index in [0.717, 1.165) is 103 Å². The highest BCUT2D eigenvalue weighted by Gasteiger charge is 2.48. The van der Waals surface area contributed by atoms with E-state index in [9.17, 15) is 28.5 Å². The summed E-state index contributed by atoms with van der Waals surface area (Å²) in [6.45, 7) is 3.81. The van der Waals surface area contributed by atoms with Crippen LogP contribution in [0.15, 0.2) is 60.8 Å². The van der Waals surface area contributed by atoms with E-state index in [4.69, 9.17) is 23.5 Å². The van der Waals surface area contributed by atoms with Gasteiger partial charge in [-0.1, -0.05) is 152 Å². The average molecular weight is 885 g/mol. The number of carbonyl (C=O) groups is 1. The highest BCUT2D eigenvalue weighted by molar-refractivity contribution is 7.80. The van der Waals surface area contributed by atoms with Crippen molar-refractivity contribution in [3.8, 4) is 0 Å². The Morgan fingerprint density at radius 3 is 1.67 bits per heavy atom. The first-order valence-electron chi connectivity index (χ1n) is 23.5. The molecule has 0 aromatic rings. The van der Waals surface area contributed by atoms with Crippen LogP contribution in [0.3, 0.4) is 0 Å². The van der Waals surface area contributed by atoms with Crippen molar-refractivity contribution in [3.63, 3.8) is 0 Å². The van der Waals surface area contributed by atoms with Crippen LogP contribution in [-0.4, -0.2) is 97.5 Å². The standard InChI is InChI=1S/C48H84O12S/c1-3-5-7-9-11-13-15-17-19-21-22-24-26-28-30-32-34-36-38-56-40-42(41-57-48-46(52)47(60-61(53,54)55)45(51)43(39-49)59-48)58-44(50)37-35-33-31-29-27-25-23-20-18-16-14-12-10-8-6-4-2/h5,7,11,13,17,19-20,22-24,42-43,45-49,51-52H,3-4,6,8-10,12,14-16,18,21,25-41H2,1-2H3,(H,53,54,55)/b7-5-,13-11-,19-17-,23-20-,24-22-. The fraction of sp³-hybridized carbons (Fsp3) is 0.771. The van der Waals surface area contributed by atoms with Crippen LogP contribution in [0, 0.1) is 0 Å². The summed E-state index contributed by atoms with van der Waals surface area (Å²) in [5, 5.41) is 30.7. The number of rotatable bonds is 40. The molecule has 1 aliphatic rings. The summed E-state index contributed by atoms with van der Waals surface area (Å²) in [5.41, 5.74) is 0. The van der Waals surface area contributed by atoms with Gasteiger partial charge in [0.1, 0.15) is 30.5 Å². The van der Waals surface area contributed by atoms with Crippen LogP contribution in [0.4, 0.5) is 0 Å². The van der Waals surface area contributed by atoms with Crippen LogP contribution in [0.1, 0.15) is 174 Å². The molecule has 1 rings (SSSR count). The van der Waals surface area contributed by atoms with Gasteiger partial charge >= 0.3 is 16.4 Å². The van der Waals surface area contributed by atoms with E-state index in [2.05, 4.69) is 78.8 Å². The van der Waals surface area contributed by atoms with Crippen LogP contribution in [0.2, 0.25) is 0 Å². The van der Waals surface area contributed by atoms with Gasteiger partial charge in [0.25, 0.3) is 0 Å². The summed E-state index contributed by atoms with van der Waals surface area (Å²) in [5.74, 6) is -0.417. The maximum Gasteiger partial charge on any atom is 0.397 e. The third-order valence-electron chi connectivity index (χ3n) is 10.4. The SMILES string of the molecule is CC/C=C\C/C=C\C/C=C\C/C=C\CCCCCCCOCC(COC1OC(CO)C(O)C(OS(=O)(=O)O)C1O)OC(=O)CCCCCCC/C=C\CCCCCCCCC. The molecule has 1 saturated heterocycles. The van der Waals surface area contributed by atoms with E-state index in [1.165, 1.54) is 44.9 Å². The van der Waals surface area contributed by atoms with Gasteiger partial charge in [0, 0.05) is 13.0 Å². The van der Waals surface area contributed by atoms with Crippen molar-refractivity contribution in [2.75, 3.05) is 26.4 Å². The van der Waals surface area contributed by atoms with Crippen molar-refractivity contribution in [2.24, 2.45) is 0 Å². The van der Waals surface area contributed by atoms with E-state index in [-0.39, 0.29) is 19.6 Å². The molecule has 0 amide bonds. The van der Waals surface area contributed by atoms with Crippen LogP contribution >= 0.6 is 0 Å². The second kappa shape index (κ2) is 39.4. The quantitative estimate of drug-likeness (QED) is 0.0198. The first-order valence-corrected chi connectivity index (χ1v) is 24.9. The lowest BCUT2D eigenvalue weighted by atomic mass is 9.99. The lowest BCUT2D eigenvalue weighted by molar-refractivity contribution is -0.301. The van der Waals surface area contributed by atoms with E-state index < -0.39 is 59.8 Å². The maximum atomic E-state index is 12.9. The van der Waals surface area contributed by atoms with E-state index in [1.54, 1.807) is 0 Å². The summed E-state index contributed by atoms with van der Waals surface area (Å²) in [7, 11) is -5.07. The average Bonchev–Trinajstić information content (AvgIpc) is 3.23. The molecule has 0 bridgehead atoms. The molecule has 1 fully saturated rings. The maximum absolute atomic E-state index is 12.9. The molecule has 0 spiro atoms. The molecule has 1 heterocycles. The number of hydrogen-bond donors (Lipinski definition) is 4. The van der Waals surface area contributed by atoms with Crippen LogP contribution in [0.25, 0.3) is 0 Å². The van der Waals surface area contributed by atoms with Crippen LogP contribution < -0.4 is 0 Å². The van der Waals surface area contributed by atoms with Crippen molar-refractivity contribution in [2.45, 2.75) is 211 Å². The first-order chi connectivity index (χ1) is 29.6. The number of carbonyl (C=O) groups excluding carboxylic acids is 1. The Hall–Kier alpha value is -2.20. The summed E-state index contributed by atoms with van der Waals surface area (Å²) in [4.78, 5) is 12.9. The van der Waals surface area contributed by atoms with Crippen molar-refractivity contribution in [1.29, 1.82) is 0 Å². The number of allylic oxidation sites excluding steroid dienone is 10. The minimum Gasteiger partial charge on any atom is -0.457 e. The molecule has 354 valence electrons. The third kappa shape index (κ3) is 33.0. The van der Waals surface area contributed by atoms with E-state index in [0.29, 0.717) is 13.0 Å². The molecule has 0 aromatic heterocycles. The summed E-state index contributed by atoms with van der Waals surface area (Å²) >= 11 is 0. The molecule has 61 heavy (non-hydrogen) atoms. The van der Waals surface area contributed by atoms with Gasteiger partial charge in [-0.05, 0) is 77.0 Å². The fourth-order valence-corrected chi connectivity index (χ4v) is 7.34. The lowest BCUT2D eigenvalue weighted by Gasteiger charge is -2.41. The smallest absolute Gasteiger partial charge is 0.397 e. The predicted octanol–water partition coefficient (Wildman–Crippen LogP) is 10.1. The number of esters is 1. The Morgan fingerprint density at radius 2 is 1.13 bits per heavy atom. The Morgan fingerprint density at radius 1 is 0.639 bits per heavy atom. The number of hydrogen-bond acceptors (Lipinski definition) is 11. The van der Waals surface area contributed by atoms with Gasteiger partial charge in [0.2, 0.25) is 0 Å². The van der Waals surface area contributed by atoms with Crippen LogP contribution in [-0.2, 0) is 38.3 Å². The van der Waals surface area contributed by atoms with E-state index in [1.807, 2.05) is 0 Å². The number of unbranched alkanes of at least 4 members (excludes halogenated alkanes) is 17. The summed E-state index contributed by atoms with van der Waals surface area (Å²) in [6.07, 6.45) is 39.6. The predicted molar refractivity (Wildman–Crippen MR) is 243 cm³/mol. The Bertz CT molecular complexity index is 1300. The van der Waals surface area contributed by atoms with Gasteiger partial charge in [-0.25, -0.2) is 4.18 Å². The number of ether oxygens (including phenoxy) is 4. The minimum absolute atomic E-state index is 0.0177. The highest BCUT2D eigenvalue weighted by Crippen LogP contribution is 2.26. The third-order valence-corrected chi connectivity index (χ3v) is 10.8. The number of aliphatic hydroxyl groups excluding tert-OH is 3. The van der Waals surface area contributed by atoms with Gasteiger partial charge < -0.3 is 34.3 Å². The zero-order valence-corrected chi connectivity index (χ0v) is 38.5. The molecule has 12 nitrogen and oxygen atoms in total. The normalized spacial score (nSPS) is 20.7. The number of aliphatic hydroxyl groups is 3. The van der Waals surface area contributed by atoms with Gasteiger partial charge in [-0.15, -0.1) is 0 Å². The molecule has 6 atom stereocenters. The molecule has 13 heteroatoms. The van der Waals surface area contributed by atoms with E-state index >= 15 is 0 Å². The fourth-order valence-electron chi connectivity index (χ4n) is 6.83. The van der Waals surface area contributed by atoms with Crippen LogP contribution in [0.5, 0.6) is 0 Å². The molecule has 0 aromatic carbocycles. The molecular formula is C48H84O12S. The minimum atomic E-state index is -5.07. The molecule has 4 N–H and O–H groups in total. The highest BCUT2D eigenvalue weighted by atomic mass is 32.3. The van der Waals surface area contributed by atoms with Crippen molar-refractivity contribution in [1.82, 2.24) is 0 Å². The molecule has 6 unspecified atom stereocenters. The Labute approximate surface area is 369 Å². The van der Waals surface area contributed by atoms with Gasteiger partial charge in [-0.3, -0.25) is 9.35 Å². The zero-order chi connectivity index (χ0) is 44.7. The lowest BCUT2D eigenvalue weighted by Crippen LogP contribution is -2.60. The second-order valence-electron chi connectivity index (χ2n) is 16.0. The molecule has 1 aliphatic heterocycles. The summed E-state index contributed by atoms with van der Waals surface area (Å²) in [6, 6.07) is 0. The second-order valence-corrected chi connectivity index (χ2v) is 17.0. The largest absolute Gasteiger partial charge is 0.457 e.